The first kappa shape index (κ1) is 21.3. The first-order chi connectivity index (χ1) is 14.9. The Balaban J connectivity index is 1.57. The van der Waals surface area contributed by atoms with Gasteiger partial charge in [-0.05, 0) is 36.8 Å². The number of furan rings is 1. The van der Waals surface area contributed by atoms with E-state index >= 15 is 0 Å². The summed E-state index contributed by atoms with van der Waals surface area (Å²) in [7, 11) is 1.72. The van der Waals surface area contributed by atoms with Crippen LogP contribution in [-0.4, -0.2) is 29.0 Å². The number of amides is 1. The summed E-state index contributed by atoms with van der Waals surface area (Å²) in [4.78, 5) is 23.9. The molecule has 4 aromatic rings. The Hall–Kier alpha value is -2.94. The number of carbonyl (C=O) groups is 1. The molecule has 31 heavy (non-hydrogen) atoms. The zero-order valence-corrected chi connectivity index (χ0v) is 18.7. The Morgan fingerprint density at radius 2 is 2.13 bits per heavy atom. The molecule has 0 saturated heterocycles. The van der Waals surface area contributed by atoms with Gasteiger partial charge in [-0.25, -0.2) is 4.98 Å². The highest BCUT2D eigenvalue weighted by Crippen LogP contribution is 2.37. The number of anilines is 2. The first-order valence-corrected chi connectivity index (χ1v) is 10.9. The van der Waals surface area contributed by atoms with Crippen molar-refractivity contribution in [1.29, 1.82) is 0 Å². The maximum atomic E-state index is 12.9. The summed E-state index contributed by atoms with van der Waals surface area (Å²) < 4.78 is 6.37. The third kappa shape index (κ3) is 4.56. The van der Waals surface area contributed by atoms with Crippen molar-refractivity contribution < 1.29 is 9.21 Å². The Morgan fingerprint density at radius 3 is 2.84 bits per heavy atom. The van der Waals surface area contributed by atoms with Crippen LogP contribution in [-0.2, 0) is 17.8 Å². The number of aromatic nitrogens is 2. The summed E-state index contributed by atoms with van der Waals surface area (Å²) in [5.41, 5.74) is 9.72. The molecule has 0 saturated carbocycles. The largest absolute Gasteiger partial charge is 0.467 e. The van der Waals surface area contributed by atoms with Gasteiger partial charge in [-0.15, -0.1) is 11.3 Å². The van der Waals surface area contributed by atoms with Crippen molar-refractivity contribution in [3.8, 4) is 0 Å². The molecule has 9 heteroatoms. The van der Waals surface area contributed by atoms with Gasteiger partial charge in [0.2, 0.25) is 5.91 Å². The van der Waals surface area contributed by atoms with Crippen LogP contribution in [0, 0.1) is 6.92 Å². The lowest BCUT2D eigenvalue weighted by Crippen LogP contribution is -2.43. The molecular weight excluding hydrogens is 434 g/mol. The van der Waals surface area contributed by atoms with Crippen molar-refractivity contribution in [2.75, 3.05) is 17.3 Å². The maximum absolute atomic E-state index is 12.9. The highest BCUT2D eigenvalue weighted by atomic mass is 35.5. The van der Waals surface area contributed by atoms with Gasteiger partial charge in [-0.3, -0.25) is 9.78 Å². The molecule has 4 heterocycles. The minimum Gasteiger partial charge on any atom is -0.467 e. The number of hydrogen-bond acceptors (Lipinski definition) is 7. The lowest BCUT2D eigenvalue weighted by molar-refractivity contribution is -0.119. The van der Waals surface area contributed by atoms with E-state index in [4.69, 9.17) is 21.8 Å². The second kappa shape index (κ2) is 9.05. The molecule has 4 rings (SSSR count). The molecule has 0 bridgehead atoms. The van der Waals surface area contributed by atoms with Gasteiger partial charge in [-0.1, -0.05) is 11.6 Å². The number of likely N-dealkylation sites (N-methyl/N-ethyl adjacent to an activating group) is 1. The van der Waals surface area contributed by atoms with Crippen LogP contribution in [0.25, 0.3) is 10.2 Å². The highest BCUT2D eigenvalue weighted by Gasteiger charge is 2.23. The van der Waals surface area contributed by atoms with Gasteiger partial charge in [0.15, 0.2) is 0 Å². The van der Waals surface area contributed by atoms with Crippen LogP contribution in [0.5, 0.6) is 0 Å². The fraction of sp³-hybridized carbons (Fsp3) is 0.227. The minimum absolute atomic E-state index is 0.162. The number of nitrogens with zero attached hydrogens (tertiary/aromatic N) is 3. The fourth-order valence-corrected chi connectivity index (χ4v) is 4.83. The zero-order valence-electron chi connectivity index (χ0n) is 17.1. The van der Waals surface area contributed by atoms with E-state index in [9.17, 15) is 4.79 Å². The summed E-state index contributed by atoms with van der Waals surface area (Å²) in [5.74, 6) is 0.659. The predicted molar refractivity (Wildman–Crippen MR) is 125 cm³/mol. The second-order valence-corrected chi connectivity index (χ2v) is 8.66. The zero-order chi connectivity index (χ0) is 22.0. The number of nitrogens with two attached hydrogens (primary N) is 1. The van der Waals surface area contributed by atoms with Crippen molar-refractivity contribution in [2.24, 2.45) is 5.73 Å². The first-order valence-electron chi connectivity index (χ1n) is 9.72. The molecule has 1 atom stereocenters. The third-order valence-electron chi connectivity index (χ3n) is 5.08. The normalized spacial score (nSPS) is 12.1. The predicted octanol–water partition coefficient (Wildman–Crippen LogP) is 4.39. The van der Waals surface area contributed by atoms with Crippen LogP contribution in [0.3, 0.4) is 0 Å². The second-order valence-electron chi connectivity index (χ2n) is 7.17. The average Bonchev–Trinajstić information content (AvgIpc) is 3.40. The van der Waals surface area contributed by atoms with Gasteiger partial charge in [0.1, 0.15) is 10.9 Å². The molecule has 0 unspecified atom stereocenters. The summed E-state index contributed by atoms with van der Waals surface area (Å²) in [5, 5.41) is 3.77. The van der Waals surface area contributed by atoms with Crippen molar-refractivity contribution in [2.45, 2.75) is 25.9 Å². The van der Waals surface area contributed by atoms with E-state index < -0.39 is 6.04 Å². The van der Waals surface area contributed by atoms with Crippen molar-refractivity contribution >= 4 is 50.4 Å². The van der Waals surface area contributed by atoms with E-state index in [-0.39, 0.29) is 5.91 Å². The van der Waals surface area contributed by atoms with Crippen molar-refractivity contribution in [1.82, 2.24) is 9.97 Å². The molecule has 0 radical (unpaired) electrons. The molecule has 0 aliphatic heterocycles. The molecule has 0 spiro atoms. The fourth-order valence-electron chi connectivity index (χ4n) is 3.34. The SMILES string of the molecule is Cc1c(C[C@@H](N)C(=O)N(C)c2ccncc2)sc2c(NCc3ccco3)cc(Cl)nc12. The lowest BCUT2D eigenvalue weighted by atomic mass is 10.1. The van der Waals surface area contributed by atoms with Crippen LogP contribution < -0.4 is 16.0 Å². The molecule has 7 nitrogen and oxygen atoms in total. The van der Waals surface area contributed by atoms with E-state index in [1.54, 1.807) is 60.1 Å². The Labute approximate surface area is 188 Å². The number of carbonyl (C=O) groups excluding carboxylic acids is 1. The number of nitrogens with one attached hydrogen (secondary N) is 1. The van der Waals surface area contributed by atoms with Gasteiger partial charge >= 0.3 is 0 Å². The van der Waals surface area contributed by atoms with Gasteiger partial charge in [0.25, 0.3) is 0 Å². The Kier molecular flexibility index (Phi) is 6.22. The Morgan fingerprint density at radius 1 is 1.35 bits per heavy atom. The molecule has 160 valence electrons. The van der Waals surface area contributed by atoms with Crippen molar-refractivity contribution in [3.63, 3.8) is 0 Å². The smallest absolute Gasteiger partial charge is 0.244 e. The molecular formula is C22H22ClN5O2S. The summed E-state index contributed by atoms with van der Waals surface area (Å²) in [6, 6.07) is 8.42. The molecule has 0 fully saturated rings. The van der Waals surface area contributed by atoms with Gasteiger partial charge in [-0.2, -0.15) is 0 Å². The van der Waals surface area contributed by atoms with Crippen LogP contribution in [0.1, 0.15) is 16.2 Å². The van der Waals surface area contributed by atoms with Crippen LogP contribution >= 0.6 is 22.9 Å². The topological polar surface area (TPSA) is 97.3 Å². The van der Waals surface area contributed by atoms with E-state index in [0.717, 1.165) is 37.8 Å². The minimum atomic E-state index is -0.681. The molecule has 1 amide bonds. The quantitative estimate of drug-likeness (QED) is 0.401. The van der Waals surface area contributed by atoms with Gasteiger partial charge in [0.05, 0.1) is 34.8 Å². The molecule has 0 aromatic carbocycles. The number of halogens is 1. The number of aryl methyl sites for hydroxylation is 1. The van der Waals surface area contributed by atoms with E-state index in [0.29, 0.717) is 18.1 Å². The average molecular weight is 456 g/mol. The highest BCUT2D eigenvalue weighted by molar-refractivity contribution is 7.19. The summed E-state index contributed by atoms with van der Waals surface area (Å²) in [6.07, 6.45) is 5.35. The molecule has 0 aliphatic carbocycles. The number of thiophene rings is 1. The summed E-state index contributed by atoms with van der Waals surface area (Å²) in [6.45, 7) is 2.51. The molecule has 4 aromatic heterocycles. The standard InChI is InChI=1S/C22H22ClN5O2S/c1-13-18(10-16(24)22(29)28(2)14-5-7-25-8-6-14)31-21-17(11-19(23)27-20(13)21)26-12-15-4-3-9-30-15/h3-9,11,16H,10,12,24H2,1-2H3,(H,26,27)/t16-/m1/s1. The van der Waals surface area contributed by atoms with Gasteiger partial charge in [0, 0.05) is 42.5 Å². The van der Waals surface area contributed by atoms with E-state index in [2.05, 4.69) is 15.3 Å². The van der Waals surface area contributed by atoms with Crippen LogP contribution in [0.2, 0.25) is 5.15 Å². The summed E-state index contributed by atoms with van der Waals surface area (Å²) >= 11 is 7.85. The Bertz CT molecular complexity index is 1190. The number of hydrogen-bond donors (Lipinski definition) is 2. The van der Waals surface area contributed by atoms with Gasteiger partial charge < -0.3 is 20.4 Å². The monoisotopic (exact) mass is 455 g/mol. The van der Waals surface area contributed by atoms with Crippen LogP contribution in [0.4, 0.5) is 11.4 Å². The lowest BCUT2D eigenvalue weighted by Gasteiger charge is -2.21. The van der Waals surface area contributed by atoms with Crippen molar-refractivity contribution in [3.05, 3.63) is 70.3 Å². The van der Waals surface area contributed by atoms with Crippen LogP contribution in [0.15, 0.2) is 53.4 Å². The number of rotatable bonds is 7. The molecule has 0 aliphatic rings. The van der Waals surface area contributed by atoms with E-state index in [1.165, 1.54) is 0 Å². The third-order valence-corrected chi connectivity index (χ3v) is 6.61. The number of pyridine rings is 2. The number of fused-ring (bicyclic) bond motifs is 1. The maximum Gasteiger partial charge on any atom is 0.244 e. The van der Waals surface area contributed by atoms with E-state index in [1.807, 2.05) is 19.1 Å². The molecule has 3 N–H and O–H groups in total.